The van der Waals surface area contributed by atoms with Crippen LogP contribution in [0.15, 0.2) is 18.2 Å². The van der Waals surface area contributed by atoms with Crippen LogP contribution in [0.5, 0.6) is 5.75 Å². The molecular weight excluding hydrogens is 250 g/mol. The SMILES string of the molecule is CCCCC(CC)CNC(=O)c1ccc(OC)c(C)c1. The number of hydrogen-bond donors (Lipinski definition) is 1. The zero-order chi connectivity index (χ0) is 15.0. The summed E-state index contributed by atoms with van der Waals surface area (Å²) in [6, 6.07) is 5.54. The topological polar surface area (TPSA) is 38.3 Å². The monoisotopic (exact) mass is 277 g/mol. The van der Waals surface area contributed by atoms with E-state index in [9.17, 15) is 4.79 Å². The maximum absolute atomic E-state index is 12.1. The first-order valence-electron chi connectivity index (χ1n) is 7.55. The summed E-state index contributed by atoms with van der Waals surface area (Å²) < 4.78 is 5.21. The largest absolute Gasteiger partial charge is 0.496 e. The normalized spacial score (nSPS) is 12.0. The molecule has 0 heterocycles. The van der Waals surface area contributed by atoms with Gasteiger partial charge >= 0.3 is 0 Å². The van der Waals surface area contributed by atoms with Crippen LogP contribution >= 0.6 is 0 Å². The molecule has 1 aromatic rings. The van der Waals surface area contributed by atoms with Gasteiger partial charge in [-0.1, -0.05) is 33.1 Å². The molecule has 112 valence electrons. The Kier molecular flexibility index (Phi) is 7.13. The summed E-state index contributed by atoms with van der Waals surface area (Å²) in [5, 5.41) is 3.04. The standard InChI is InChI=1S/C17H27NO2/c1-5-7-8-14(6-2)12-18-17(19)15-9-10-16(20-4)13(3)11-15/h9-11,14H,5-8,12H2,1-4H3,(H,18,19). The molecule has 20 heavy (non-hydrogen) atoms. The summed E-state index contributed by atoms with van der Waals surface area (Å²) in [4.78, 5) is 12.1. The van der Waals surface area contributed by atoms with Crippen molar-refractivity contribution in [3.05, 3.63) is 29.3 Å². The van der Waals surface area contributed by atoms with Crippen LogP contribution in [-0.4, -0.2) is 19.6 Å². The second-order valence-electron chi connectivity index (χ2n) is 5.31. The van der Waals surface area contributed by atoms with Crippen LogP contribution in [-0.2, 0) is 0 Å². The highest BCUT2D eigenvalue weighted by Gasteiger charge is 2.11. The quantitative estimate of drug-likeness (QED) is 0.781. The van der Waals surface area contributed by atoms with E-state index in [1.807, 2.05) is 25.1 Å². The first-order valence-corrected chi connectivity index (χ1v) is 7.55. The third-order valence-electron chi connectivity index (χ3n) is 3.75. The molecule has 0 radical (unpaired) electrons. The van der Waals surface area contributed by atoms with Crippen molar-refractivity contribution in [2.75, 3.05) is 13.7 Å². The summed E-state index contributed by atoms with van der Waals surface area (Å²) >= 11 is 0. The number of ether oxygens (including phenoxy) is 1. The second kappa shape index (κ2) is 8.62. The molecule has 1 unspecified atom stereocenters. The fourth-order valence-corrected chi connectivity index (χ4v) is 2.30. The Hall–Kier alpha value is -1.51. The molecule has 1 atom stereocenters. The third kappa shape index (κ3) is 4.87. The van der Waals surface area contributed by atoms with Gasteiger partial charge in [-0.25, -0.2) is 0 Å². The Morgan fingerprint density at radius 2 is 2.10 bits per heavy atom. The van der Waals surface area contributed by atoms with Crippen molar-refractivity contribution in [1.82, 2.24) is 5.32 Å². The molecule has 0 aliphatic heterocycles. The lowest BCUT2D eigenvalue weighted by atomic mass is 9.99. The van der Waals surface area contributed by atoms with Gasteiger partial charge in [0.2, 0.25) is 0 Å². The van der Waals surface area contributed by atoms with Gasteiger partial charge in [-0.2, -0.15) is 0 Å². The zero-order valence-corrected chi connectivity index (χ0v) is 13.2. The van der Waals surface area contributed by atoms with Crippen molar-refractivity contribution < 1.29 is 9.53 Å². The average Bonchev–Trinajstić information content (AvgIpc) is 2.47. The molecule has 3 nitrogen and oxygen atoms in total. The Morgan fingerprint density at radius 1 is 1.35 bits per heavy atom. The lowest BCUT2D eigenvalue weighted by Gasteiger charge is -2.15. The summed E-state index contributed by atoms with van der Waals surface area (Å²) in [5.41, 5.74) is 1.69. The molecule has 0 saturated heterocycles. The number of benzene rings is 1. The number of hydrogen-bond acceptors (Lipinski definition) is 2. The van der Waals surface area contributed by atoms with Gasteiger partial charge in [-0.3, -0.25) is 4.79 Å². The number of unbranched alkanes of at least 4 members (excludes halogenated alkanes) is 1. The fourth-order valence-electron chi connectivity index (χ4n) is 2.30. The summed E-state index contributed by atoms with van der Waals surface area (Å²) in [6.07, 6.45) is 4.75. The first kappa shape index (κ1) is 16.5. The molecule has 1 rings (SSSR count). The molecule has 0 fully saturated rings. The molecule has 0 saturated carbocycles. The van der Waals surface area contributed by atoms with E-state index < -0.39 is 0 Å². The molecule has 1 amide bonds. The van der Waals surface area contributed by atoms with Crippen molar-refractivity contribution in [3.63, 3.8) is 0 Å². The van der Waals surface area contributed by atoms with E-state index in [1.54, 1.807) is 7.11 Å². The van der Waals surface area contributed by atoms with Crippen LogP contribution in [0.3, 0.4) is 0 Å². The predicted octanol–water partition coefficient (Wildman–Crippen LogP) is 3.95. The molecule has 0 aromatic heterocycles. The smallest absolute Gasteiger partial charge is 0.251 e. The van der Waals surface area contributed by atoms with Gasteiger partial charge < -0.3 is 10.1 Å². The maximum atomic E-state index is 12.1. The van der Waals surface area contributed by atoms with Crippen LogP contribution in [0.4, 0.5) is 0 Å². The van der Waals surface area contributed by atoms with Crippen molar-refractivity contribution in [2.24, 2.45) is 5.92 Å². The number of aryl methyl sites for hydroxylation is 1. The molecular formula is C17H27NO2. The van der Waals surface area contributed by atoms with Gasteiger partial charge in [-0.15, -0.1) is 0 Å². The molecule has 1 N–H and O–H groups in total. The zero-order valence-electron chi connectivity index (χ0n) is 13.2. The highest BCUT2D eigenvalue weighted by Crippen LogP contribution is 2.18. The molecule has 1 aromatic carbocycles. The van der Waals surface area contributed by atoms with Crippen LogP contribution < -0.4 is 10.1 Å². The lowest BCUT2D eigenvalue weighted by molar-refractivity contribution is 0.0945. The number of amides is 1. The predicted molar refractivity (Wildman–Crippen MR) is 83.4 cm³/mol. The Balaban J connectivity index is 2.55. The van der Waals surface area contributed by atoms with Crippen molar-refractivity contribution in [3.8, 4) is 5.75 Å². The van der Waals surface area contributed by atoms with Gasteiger partial charge in [0, 0.05) is 12.1 Å². The lowest BCUT2D eigenvalue weighted by Crippen LogP contribution is -2.29. The number of methoxy groups -OCH3 is 1. The third-order valence-corrected chi connectivity index (χ3v) is 3.75. The second-order valence-corrected chi connectivity index (χ2v) is 5.31. The van der Waals surface area contributed by atoms with Crippen LogP contribution in [0.25, 0.3) is 0 Å². The molecule has 0 aliphatic carbocycles. The van der Waals surface area contributed by atoms with Gasteiger partial charge in [-0.05, 0) is 43.0 Å². The highest BCUT2D eigenvalue weighted by atomic mass is 16.5. The fraction of sp³-hybridized carbons (Fsp3) is 0.588. The van der Waals surface area contributed by atoms with Gasteiger partial charge in [0.25, 0.3) is 5.91 Å². The van der Waals surface area contributed by atoms with E-state index in [4.69, 9.17) is 4.74 Å². The Bertz CT molecular complexity index is 429. The van der Waals surface area contributed by atoms with Crippen molar-refractivity contribution >= 4 is 5.91 Å². The number of nitrogens with one attached hydrogen (secondary N) is 1. The van der Waals surface area contributed by atoms with E-state index in [-0.39, 0.29) is 5.91 Å². The van der Waals surface area contributed by atoms with Crippen molar-refractivity contribution in [1.29, 1.82) is 0 Å². The Labute approximate surface area is 122 Å². The van der Waals surface area contributed by atoms with Crippen molar-refractivity contribution in [2.45, 2.75) is 46.5 Å². The summed E-state index contributed by atoms with van der Waals surface area (Å²) in [6.45, 7) is 7.10. The maximum Gasteiger partial charge on any atom is 0.251 e. The van der Waals surface area contributed by atoms with Crippen LogP contribution in [0.1, 0.15) is 55.5 Å². The number of carbonyl (C=O) groups excluding carboxylic acids is 1. The number of rotatable bonds is 8. The minimum atomic E-state index is 0.00528. The average molecular weight is 277 g/mol. The summed E-state index contributed by atoms with van der Waals surface area (Å²) in [5.74, 6) is 1.40. The Morgan fingerprint density at radius 3 is 2.65 bits per heavy atom. The minimum Gasteiger partial charge on any atom is -0.496 e. The summed E-state index contributed by atoms with van der Waals surface area (Å²) in [7, 11) is 1.64. The minimum absolute atomic E-state index is 0.00528. The van der Waals surface area contributed by atoms with Gasteiger partial charge in [0.05, 0.1) is 7.11 Å². The van der Waals surface area contributed by atoms with E-state index in [0.717, 1.165) is 24.3 Å². The van der Waals surface area contributed by atoms with Crippen LogP contribution in [0.2, 0.25) is 0 Å². The molecule has 0 aliphatic rings. The molecule has 0 spiro atoms. The van der Waals surface area contributed by atoms with Gasteiger partial charge in [0.1, 0.15) is 5.75 Å². The first-order chi connectivity index (χ1) is 9.62. The number of carbonyl (C=O) groups is 1. The van der Waals surface area contributed by atoms with E-state index in [0.29, 0.717) is 11.5 Å². The van der Waals surface area contributed by atoms with E-state index >= 15 is 0 Å². The van der Waals surface area contributed by atoms with E-state index in [1.165, 1.54) is 19.3 Å². The van der Waals surface area contributed by atoms with E-state index in [2.05, 4.69) is 19.2 Å². The molecule has 3 heteroatoms. The van der Waals surface area contributed by atoms with Crippen LogP contribution in [0, 0.1) is 12.8 Å². The highest BCUT2D eigenvalue weighted by molar-refractivity contribution is 5.94. The van der Waals surface area contributed by atoms with Gasteiger partial charge in [0.15, 0.2) is 0 Å². The molecule has 0 bridgehead atoms.